The largest absolute Gasteiger partial charge is 0.508 e. The van der Waals surface area contributed by atoms with Gasteiger partial charge in [0.05, 0.1) is 12.1 Å². The lowest BCUT2D eigenvalue weighted by atomic mass is 9.87. The summed E-state index contributed by atoms with van der Waals surface area (Å²) in [4.78, 5) is 0. The first-order valence-electron chi connectivity index (χ1n) is 6.95. The fraction of sp³-hybridized carbons (Fsp3) is 0.294. The third-order valence-electron chi connectivity index (χ3n) is 3.72. The van der Waals surface area contributed by atoms with E-state index in [9.17, 15) is 14.6 Å². The predicted octanol–water partition coefficient (Wildman–Crippen LogP) is 3.55. The van der Waals surface area contributed by atoms with Gasteiger partial charge >= 0.3 is 0 Å². The zero-order valence-corrected chi connectivity index (χ0v) is 12.2. The Balaban J connectivity index is 2.40. The summed E-state index contributed by atoms with van der Waals surface area (Å²) in [6.07, 6.45) is 0.615. The van der Waals surface area contributed by atoms with Crippen molar-refractivity contribution in [3.05, 3.63) is 59.4 Å². The van der Waals surface area contributed by atoms with Crippen molar-refractivity contribution in [1.29, 1.82) is 0 Å². The fourth-order valence-electron chi connectivity index (χ4n) is 2.47. The molecule has 2 aromatic rings. The van der Waals surface area contributed by atoms with E-state index < -0.39 is 5.54 Å². The molecule has 3 N–H and O–H groups in total. The number of hydrogen-bond donors (Lipinski definition) is 3. The van der Waals surface area contributed by atoms with Crippen LogP contribution in [0.4, 0.5) is 10.1 Å². The molecule has 0 bridgehead atoms. The van der Waals surface area contributed by atoms with Crippen molar-refractivity contribution >= 4 is 5.69 Å². The number of halogens is 1. The van der Waals surface area contributed by atoms with E-state index in [1.165, 1.54) is 12.1 Å². The number of nitrogens with one attached hydrogen (secondary N) is 1. The van der Waals surface area contributed by atoms with Crippen LogP contribution in [0.5, 0.6) is 5.75 Å². The summed E-state index contributed by atoms with van der Waals surface area (Å²) >= 11 is 0. The summed E-state index contributed by atoms with van der Waals surface area (Å²) in [7, 11) is 0. The van der Waals surface area contributed by atoms with Crippen LogP contribution in [0.3, 0.4) is 0 Å². The number of benzene rings is 2. The van der Waals surface area contributed by atoms with E-state index in [-0.39, 0.29) is 18.2 Å². The van der Waals surface area contributed by atoms with Gasteiger partial charge in [-0.2, -0.15) is 0 Å². The Hall–Kier alpha value is -2.07. The fourth-order valence-corrected chi connectivity index (χ4v) is 2.47. The van der Waals surface area contributed by atoms with Crippen LogP contribution in [-0.2, 0) is 5.54 Å². The lowest BCUT2D eigenvalue weighted by Gasteiger charge is -2.34. The van der Waals surface area contributed by atoms with Crippen molar-refractivity contribution in [3.8, 4) is 5.75 Å². The molecule has 4 heteroatoms. The molecule has 0 radical (unpaired) electrons. The monoisotopic (exact) mass is 289 g/mol. The van der Waals surface area contributed by atoms with Crippen molar-refractivity contribution in [2.45, 2.75) is 25.8 Å². The van der Waals surface area contributed by atoms with Gasteiger partial charge in [-0.25, -0.2) is 4.39 Å². The Bertz CT molecular complexity index is 586. The molecule has 0 saturated carbocycles. The molecule has 0 aliphatic carbocycles. The summed E-state index contributed by atoms with van der Waals surface area (Å²) < 4.78 is 13.5. The third-order valence-corrected chi connectivity index (χ3v) is 3.72. The maximum absolute atomic E-state index is 13.5. The molecule has 112 valence electrons. The van der Waals surface area contributed by atoms with Gasteiger partial charge in [0.15, 0.2) is 0 Å². The van der Waals surface area contributed by atoms with E-state index in [4.69, 9.17) is 0 Å². The highest BCUT2D eigenvalue weighted by molar-refractivity contribution is 5.50. The molecule has 3 nitrogen and oxygen atoms in total. The Morgan fingerprint density at radius 3 is 2.33 bits per heavy atom. The number of hydrogen-bond acceptors (Lipinski definition) is 3. The lowest BCUT2D eigenvalue weighted by molar-refractivity contribution is 0.207. The van der Waals surface area contributed by atoms with Gasteiger partial charge in [-0.1, -0.05) is 19.1 Å². The normalized spacial score (nSPS) is 13.7. The zero-order chi connectivity index (χ0) is 15.5. The van der Waals surface area contributed by atoms with E-state index in [0.29, 0.717) is 12.1 Å². The molecule has 2 aromatic carbocycles. The second kappa shape index (κ2) is 6.14. The molecular formula is C17H20FNO2. The molecule has 1 unspecified atom stereocenters. The molecule has 0 fully saturated rings. The highest BCUT2D eigenvalue weighted by Gasteiger charge is 2.29. The molecule has 0 saturated heterocycles. The van der Waals surface area contributed by atoms with Gasteiger partial charge in [0.1, 0.15) is 11.6 Å². The van der Waals surface area contributed by atoms with Crippen molar-refractivity contribution in [2.75, 3.05) is 11.9 Å². The summed E-state index contributed by atoms with van der Waals surface area (Å²) in [5.74, 6) is -0.144. The van der Waals surface area contributed by atoms with Crippen LogP contribution in [0, 0.1) is 12.7 Å². The molecule has 0 aromatic heterocycles. The van der Waals surface area contributed by atoms with Crippen molar-refractivity contribution in [1.82, 2.24) is 0 Å². The van der Waals surface area contributed by atoms with Crippen molar-refractivity contribution in [2.24, 2.45) is 0 Å². The highest BCUT2D eigenvalue weighted by Crippen LogP contribution is 2.31. The van der Waals surface area contributed by atoms with Gasteiger partial charge in [0, 0.05) is 5.69 Å². The lowest BCUT2D eigenvalue weighted by Crippen LogP contribution is -2.38. The van der Waals surface area contributed by atoms with Crippen molar-refractivity contribution in [3.63, 3.8) is 0 Å². The van der Waals surface area contributed by atoms with Gasteiger partial charge in [-0.15, -0.1) is 0 Å². The Labute approximate surface area is 124 Å². The van der Waals surface area contributed by atoms with Crippen LogP contribution in [0.15, 0.2) is 42.5 Å². The first-order chi connectivity index (χ1) is 9.99. The summed E-state index contributed by atoms with van der Waals surface area (Å²) in [6.45, 7) is 3.63. The van der Waals surface area contributed by atoms with Crippen LogP contribution in [0.25, 0.3) is 0 Å². The van der Waals surface area contributed by atoms with E-state index >= 15 is 0 Å². The number of aliphatic hydroxyl groups excluding tert-OH is 1. The Kier molecular flexibility index (Phi) is 4.48. The maximum atomic E-state index is 13.5. The number of aryl methyl sites for hydroxylation is 1. The van der Waals surface area contributed by atoms with Gasteiger partial charge in [-0.3, -0.25) is 0 Å². The van der Waals surface area contributed by atoms with Gasteiger partial charge < -0.3 is 15.5 Å². The molecule has 2 rings (SSSR count). The second-order valence-electron chi connectivity index (χ2n) is 5.28. The minimum absolute atomic E-state index is 0.135. The molecule has 0 amide bonds. The Morgan fingerprint density at radius 2 is 1.81 bits per heavy atom. The van der Waals surface area contributed by atoms with Crippen LogP contribution < -0.4 is 5.32 Å². The number of rotatable bonds is 5. The quantitative estimate of drug-likeness (QED) is 0.789. The predicted molar refractivity (Wildman–Crippen MR) is 81.9 cm³/mol. The van der Waals surface area contributed by atoms with Crippen LogP contribution >= 0.6 is 0 Å². The van der Waals surface area contributed by atoms with Gasteiger partial charge in [0.2, 0.25) is 0 Å². The third kappa shape index (κ3) is 3.34. The van der Waals surface area contributed by atoms with E-state index in [1.807, 2.05) is 19.9 Å². The van der Waals surface area contributed by atoms with Gasteiger partial charge in [0.25, 0.3) is 0 Å². The van der Waals surface area contributed by atoms with Gasteiger partial charge in [-0.05, 0) is 54.8 Å². The summed E-state index contributed by atoms with van der Waals surface area (Å²) in [5, 5.41) is 22.5. The molecular weight excluding hydrogens is 269 g/mol. The number of phenolic OH excluding ortho intramolecular Hbond substituents is 1. The molecule has 0 spiro atoms. The minimum Gasteiger partial charge on any atom is -0.508 e. The van der Waals surface area contributed by atoms with Crippen LogP contribution in [0.1, 0.15) is 24.5 Å². The van der Waals surface area contributed by atoms with E-state index in [1.54, 1.807) is 24.3 Å². The van der Waals surface area contributed by atoms with Crippen molar-refractivity contribution < 1.29 is 14.6 Å². The summed E-state index contributed by atoms with van der Waals surface area (Å²) in [6, 6.07) is 11.4. The minimum atomic E-state index is -0.714. The first kappa shape index (κ1) is 15.3. The topological polar surface area (TPSA) is 52.5 Å². The first-order valence-corrected chi connectivity index (χ1v) is 6.95. The van der Waals surface area contributed by atoms with Crippen LogP contribution in [-0.4, -0.2) is 16.8 Å². The number of aromatic hydroxyl groups is 1. The summed E-state index contributed by atoms with van der Waals surface area (Å²) in [5.41, 5.74) is 1.56. The maximum Gasteiger partial charge on any atom is 0.125 e. The number of aliphatic hydroxyl groups is 1. The highest BCUT2D eigenvalue weighted by atomic mass is 19.1. The Morgan fingerprint density at radius 1 is 1.14 bits per heavy atom. The molecule has 21 heavy (non-hydrogen) atoms. The standard InChI is InChI=1S/C17H20FNO2/c1-3-17(11-20,13-4-6-16(21)7-5-13)19-15-9-12(2)8-14(18)10-15/h4-10,19-21H,3,11H2,1-2H3. The average molecular weight is 289 g/mol. The second-order valence-corrected chi connectivity index (χ2v) is 5.28. The molecule has 0 aliphatic rings. The smallest absolute Gasteiger partial charge is 0.125 e. The molecule has 0 heterocycles. The van der Waals surface area contributed by atoms with Crippen LogP contribution in [0.2, 0.25) is 0 Å². The molecule has 0 aliphatic heterocycles. The molecule has 1 atom stereocenters. The average Bonchev–Trinajstić information content (AvgIpc) is 2.45. The SMILES string of the molecule is CCC(CO)(Nc1cc(C)cc(F)c1)c1ccc(O)cc1. The number of anilines is 1. The van der Waals surface area contributed by atoms with E-state index in [2.05, 4.69) is 5.32 Å². The van der Waals surface area contributed by atoms with E-state index in [0.717, 1.165) is 11.1 Å². The number of phenols is 1. The zero-order valence-electron chi connectivity index (χ0n) is 12.2.